The van der Waals surface area contributed by atoms with E-state index in [-0.39, 0.29) is 18.0 Å². The van der Waals surface area contributed by atoms with Crippen LogP contribution >= 0.6 is 23.2 Å². The van der Waals surface area contributed by atoms with Crippen molar-refractivity contribution in [1.82, 2.24) is 29.6 Å². The Balaban J connectivity index is 1.71. The maximum atomic E-state index is 12.0. The lowest BCUT2D eigenvalue weighted by molar-refractivity contribution is -0.125. The molecule has 0 bridgehead atoms. The van der Waals surface area contributed by atoms with Crippen LogP contribution in [0.2, 0.25) is 10.0 Å². The quantitative estimate of drug-likeness (QED) is 0.577. The fourth-order valence-corrected chi connectivity index (χ4v) is 4.43. The summed E-state index contributed by atoms with van der Waals surface area (Å²) in [6.45, 7) is 6.61. The molecule has 0 spiro atoms. The van der Waals surface area contributed by atoms with Gasteiger partial charge in [0.2, 0.25) is 5.91 Å². The van der Waals surface area contributed by atoms with E-state index in [1.807, 2.05) is 6.92 Å². The first-order valence-electron chi connectivity index (χ1n) is 9.36. The molecule has 0 unspecified atom stereocenters. The molecule has 0 radical (unpaired) electrons. The van der Waals surface area contributed by atoms with Crippen LogP contribution in [-0.2, 0) is 4.79 Å². The highest BCUT2D eigenvalue weighted by atomic mass is 35.5. The van der Waals surface area contributed by atoms with Gasteiger partial charge in [-0.05, 0) is 19.4 Å². The summed E-state index contributed by atoms with van der Waals surface area (Å²) < 4.78 is 1.80. The van der Waals surface area contributed by atoms with E-state index in [0.29, 0.717) is 51.4 Å². The van der Waals surface area contributed by atoms with Crippen molar-refractivity contribution in [3.8, 4) is 0 Å². The van der Waals surface area contributed by atoms with Crippen molar-refractivity contribution in [3.63, 3.8) is 0 Å². The summed E-state index contributed by atoms with van der Waals surface area (Å²) >= 11 is 12.6. The van der Waals surface area contributed by atoms with Crippen molar-refractivity contribution in [2.45, 2.75) is 25.4 Å². The molecule has 156 valence electrons. The van der Waals surface area contributed by atoms with Crippen LogP contribution in [-0.4, -0.2) is 48.6 Å². The van der Waals surface area contributed by atoms with E-state index in [4.69, 9.17) is 34.0 Å². The Morgan fingerprint density at radius 2 is 2.10 bits per heavy atom. The van der Waals surface area contributed by atoms with E-state index in [9.17, 15) is 4.79 Å². The zero-order valence-corrected chi connectivity index (χ0v) is 17.7. The number of amides is 1. The van der Waals surface area contributed by atoms with Gasteiger partial charge in [-0.2, -0.15) is 5.10 Å². The number of nitrogens with one attached hydrogen (secondary N) is 1. The van der Waals surface area contributed by atoms with Crippen molar-refractivity contribution in [2.24, 2.45) is 0 Å². The number of hydrogen-bond donors (Lipinski definition) is 2. The third-order valence-electron chi connectivity index (χ3n) is 5.19. The molecule has 0 aromatic carbocycles. The van der Waals surface area contributed by atoms with E-state index in [1.54, 1.807) is 22.0 Å². The molecule has 0 aliphatic carbocycles. The first-order chi connectivity index (χ1) is 14.4. The molecule has 1 aliphatic rings. The van der Waals surface area contributed by atoms with Crippen LogP contribution in [0.1, 0.15) is 31.0 Å². The third-order valence-corrected chi connectivity index (χ3v) is 5.79. The molecule has 1 saturated heterocycles. The van der Waals surface area contributed by atoms with Crippen LogP contribution < -0.4 is 11.1 Å². The van der Waals surface area contributed by atoms with Crippen molar-refractivity contribution in [2.75, 3.05) is 24.1 Å². The largest absolute Gasteiger partial charge is 0.383 e. The van der Waals surface area contributed by atoms with Gasteiger partial charge in [0, 0.05) is 31.0 Å². The van der Waals surface area contributed by atoms with Gasteiger partial charge in [0.05, 0.1) is 22.1 Å². The maximum Gasteiger partial charge on any atom is 0.246 e. The number of pyridine rings is 1. The summed E-state index contributed by atoms with van der Waals surface area (Å²) in [5.41, 5.74) is 7.46. The molecule has 0 saturated carbocycles. The van der Waals surface area contributed by atoms with Gasteiger partial charge in [-0.3, -0.25) is 9.78 Å². The molecule has 3 aromatic heterocycles. The number of anilines is 2. The van der Waals surface area contributed by atoms with Gasteiger partial charge in [0.15, 0.2) is 11.5 Å². The van der Waals surface area contributed by atoms with Crippen molar-refractivity contribution >= 4 is 51.8 Å². The molecule has 3 N–H and O–H groups in total. The number of fused-ring (bicyclic) bond motifs is 1. The highest BCUT2D eigenvalue weighted by Gasteiger charge is 2.30. The second-order valence-corrected chi connectivity index (χ2v) is 7.88. The van der Waals surface area contributed by atoms with E-state index in [2.05, 4.69) is 26.8 Å². The number of halogens is 2. The number of aromatic nitrogens is 5. The Labute approximate surface area is 182 Å². The third kappa shape index (κ3) is 3.54. The SMILES string of the molecule is C=CC(=O)N1CC[C@H](n2nc(N[C@@H](C)c3c(Cl)cncc3Cl)c3c(N)ncnc32)C1. The van der Waals surface area contributed by atoms with Crippen LogP contribution in [0.15, 0.2) is 31.4 Å². The Morgan fingerprint density at radius 1 is 1.37 bits per heavy atom. The molecule has 4 heterocycles. The normalized spacial score (nSPS) is 17.3. The molecule has 1 fully saturated rings. The molecule has 1 aliphatic heterocycles. The molecule has 9 nitrogen and oxygen atoms in total. The number of nitrogen functional groups attached to an aromatic ring is 1. The first kappa shape index (κ1) is 20.4. The van der Waals surface area contributed by atoms with Gasteiger partial charge in [-0.25, -0.2) is 14.6 Å². The topological polar surface area (TPSA) is 115 Å². The number of carbonyl (C=O) groups is 1. The van der Waals surface area contributed by atoms with E-state index >= 15 is 0 Å². The molecule has 2 atom stereocenters. The van der Waals surface area contributed by atoms with Gasteiger partial charge in [-0.15, -0.1) is 0 Å². The summed E-state index contributed by atoms with van der Waals surface area (Å²) in [7, 11) is 0. The van der Waals surface area contributed by atoms with E-state index in [0.717, 1.165) is 6.42 Å². The van der Waals surface area contributed by atoms with Gasteiger partial charge in [0.25, 0.3) is 0 Å². The predicted octanol–water partition coefficient (Wildman–Crippen LogP) is 3.24. The molecular weight excluding hydrogens is 427 g/mol. The van der Waals surface area contributed by atoms with Crippen LogP contribution in [0.5, 0.6) is 0 Å². The molecule has 30 heavy (non-hydrogen) atoms. The standard InChI is InChI=1S/C19H20Cl2N8O/c1-3-14(30)28-5-4-11(8-28)29-19-16(17(22)24-9-25-19)18(27-29)26-10(2)15-12(20)6-23-7-13(15)21/h3,6-7,9-11H,1,4-5,8H2,2H3,(H,26,27)(H2,22,24,25)/t10-,11-/m0/s1. The minimum absolute atomic E-state index is 0.0374. The second-order valence-electron chi connectivity index (χ2n) is 7.06. The minimum Gasteiger partial charge on any atom is -0.383 e. The Kier molecular flexibility index (Phi) is 5.48. The smallest absolute Gasteiger partial charge is 0.246 e. The zero-order chi connectivity index (χ0) is 21.4. The lowest BCUT2D eigenvalue weighted by Gasteiger charge is -2.17. The lowest BCUT2D eigenvalue weighted by atomic mass is 10.1. The van der Waals surface area contributed by atoms with Crippen molar-refractivity contribution in [3.05, 3.63) is 47.0 Å². The molecule has 4 rings (SSSR count). The number of nitrogens with two attached hydrogens (primary N) is 1. The van der Waals surface area contributed by atoms with E-state index < -0.39 is 0 Å². The average molecular weight is 447 g/mol. The van der Waals surface area contributed by atoms with Gasteiger partial charge in [-0.1, -0.05) is 29.8 Å². The summed E-state index contributed by atoms with van der Waals surface area (Å²) in [4.78, 5) is 26.2. The Morgan fingerprint density at radius 3 is 2.80 bits per heavy atom. The van der Waals surface area contributed by atoms with Crippen LogP contribution in [0.4, 0.5) is 11.6 Å². The number of nitrogens with zero attached hydrogens (tertiary/aromatic N) is 6. The molecular formula is C19H20Cl2N8O. The fourth-order valence-electron chi connectivity index (χ4n) is 3.73. The number of rotatable bonds is 5. The first-order valence-corrected chi connectivity index (χ1v) is 10.1. The van der Waals surface area contributed by atoms with E-state index in [1.165, 1.54) is 12.4 Å². The summed E-state index contributed by atoms with van der Waals surface area (Å²) in [5.74, 6) is 0.731. The summed E-state index contributed by atoms with van der Waals surface area (Å²) in [6.07, 6.45) is 6.55. The second kappa shape index (κ2) is 8.08. The summed E-state index contributed by atoms with van der Waals surface area (Å²) in [6, 6.07) is -0.314. The zero-order valence-electron chi connectivity index (χ0n) is 16.2. The Bertz CT molecular complexity index is 1110. The monoisotopic (exact) mass is 446 g/mol. The minimum atomic E-state index is -0.276. The highest BCUT2D eigenvalue weighted by Crippen LogP contribution is 2.35. The van der Waals surface area contributed by atoms with Gasteiger partial charge in [0.1, 0.15) is 17.5 Å². The maximum absolute atomic E-state index is 12.0. The van der Waals surface area contributed by atoms with Crippen LogP contribution in [0.3, 0.4) is 0 Å². The fraction of sp³-hybridized carbons (Fsp3) is 0.316. The lowest BCUT2D eigenvalue weighted by Crippen LogP contribution is -2.27. The van der Waals surface area contributed by atoms with Gasteiger partial charge >= 0.3 is 0 Å². The van der Waals surface area contributed by atoms with Crippen molar-refractivity contribution in [1.29, 1.82) is 0 Å². The molecule has 1 amide bonds. The van der Waals surface area contributed by atoms with Crippen LogP contribution in [0, 0.1) is 0 Å². The summed E-state index contributed by atoms with van der Waals surface area (Å²) in [5, 5.41) is 9.57. The Hall–Kier alpha value is -2.91. The molecule has 3 aromatic rings. The number of hydrogen-bond acceptors (Lipinski definition) is 7. The van der Waals surface area contributed by atoms with Gasteiger partial charge < -0.3 is 16.0 Å². The number of likely N-dealkylation sites (tertiary alicyclic amines) is 1. The average Bonchev–Trinajstić information content (AvgIpc) is 3.33. The van der Waals surface area contributed by atoms with Crippen molar-refractivity contribution < 1.29 is 4.79 Å². The number of carbonyl (C=O) groups excluding carboxylic acids is 1. The molecule has 11 heteroatoms. The highest BCUT2D eigenvalue weighted by molar-refractivity contribution is 6.35. The predicted molar refractivity (Wildman–Crippen MR) is 116 cm³/mol. The van der Waals surface area contributed by atoms with Crippen LogP contribution in [0.25, 0.3) is 11.0 Å².